The van der Waals surface area contributed by atoms with Crippen LogP contribution in [0, 0.1) is 5.82 Å². The molecule has 0 spiro atoms. The summed E-state index contributed by atoms with van der Waals surface area (Å²) in [4.78, 5) is 4.06. The van der Waals surface area contributed by atoms with Crippen molar-refractivity contribution in [2.24, 2.45) is 5.84 Å². The van der Waals surface area contributed by atoms with E-state index in [0.717, 1.165) is 24.2 Å². The van der Waals surface area contributed by atoms with E-state index in [9.17, 15) is 4.39 Å². The van der Waals surface area contributed by atoms with E-state index in [4.69, 9.17) is 10.6 Å². The highest BCUT2D eigenvalue weighted by Crippen LogP contribution is 2.28. The zero-order chi connectivity index (χ0) is 13.9. The van der Waals surface area contributed by atoms with Gasteiger partial charge in [0.2, 0.25) is 0 Å². The molecule has 2 aromatic rings. The van der Waals surface area contributed by atoms with Gasteiger partial charge in [0.15, 0.2) is 0 Å². The molecule has 1 aliphatic rings. The molecule has 3 N–H and O–H groups in total. The fourth-order valence-corrected chi connectivity index (χ4v) is 2.06. The number of benzene rings is 1. The molecule has 0 radical (unpaired) electrons. The Labute approximate surface area is 116 Å². The van der Waals surface area contributed by atoms with E-state index in [1.54, 1.807) is 12.3 Å². The number of nitrogens with two attached hydrogens (primary N) is 1. The Hall–Kier alpha value is -1.98. The highest BCUT2D eigenvalue weighted by Gasteiger charge is 2.23. The summed E-state index contributed by atoms with van der Waals surface area (Å²) in [6.45, 7) is 0. The molecule has 5 heteroatoms. The summed E-state index contributed by atoms with van der Waals surface area (Å²) in [7, 11) is 0. The van der Waals surface area contributed by atoms with Gasteiger partial charge in [0.1, 0.15) is 11.6 Å². The Kier molecular flexibility index (Phi) is 3.62. The fraction of sp³-hybridized carbons (Fsp3) is 0.267. The highest BCUT2D eigenvalue weighted by molar-refractivity contribution is 5.33. The number of aromatic nitrogens is 1. The molecular formula is C15H16FN3O. The summed E-state index contributed by atoms with van der Waals surface area (Å²) in [5.74, 6) is 5.99. The van der Waals surface area contributed by atoms with E-state index in [1.807, 2.05) is 24.3 Å². The van der Waals surface area contributed by atoms with Gasteiger partial charge in [-0.1, -0.05) is 12.1 Å². The van der Waals surface area contributed by atoms with Gasteiger partial charge >= 0.3 is 0 Å². The van der Waals surface area contributed by atoms with Gasteiger partial charge in [-0.05, 0) is 42.7 Å². The second-order valence-electron chi connectivity index (χ2n) is 4.86. The van der Waals surface area contributed by atoms with Crippen LogP contribution < -0.4 is 16.0 Å². The topological polar surface area (TPSA) is 60.2 Å². The maximum Gasteiger partial charge on any atom is 0.146 e. The van der Waals surface area contributed by atoms with Crippen molar-refractivity contribution in [2.45, 2.75) is 25.0 Å². The Bertz CT molecular complexity index is 584. The van der Waals surface area contributed by atoms with Crippen LogP contribution in [0.3, 0.4) is 0 Å². The van der Waals surface area contributed by atoms with Crippen molar-refractivity contribution in [1.82, 2.24) is 10.4 Å². The Morgan fingerprint density at radius 1 is 1.25 bits per heavy atom. The summed E-state index contributed by atoms with van der Waals surface area (Å²) in [5, 5.41) is 0. The molecule has 0 bridgehead atoms. The maximum absolute atomic E-state index is 13.8. The molecule has 1 saturated carbocycles. The second-order valence-corrected chi connectivity index (χ2v) is 4.86. The van der Waals surface area contributed by atoms with Crippen LogP contribution in [0.15, 0.2) is 42.6 Å². The van der Waals surface area contributed by atoms with E-state index in [-0.39, 0.29) is 11.5 Å². The number of hydrogen-bond donors (Lipinski definition) is 2. The summed E-state index contributed by atoms with van der Waals surface area (Å²) in [6, 6.07) is 9.94. The van der Waals surface area contributed by atoms with Gasteiger partial charge in [-0.3, -0.25) is 10.8 Å². The number of halogens is 1. The van der Waals surface area contributed by atoms with Gasteiger partial charge < -0.3 is 4.74 Å². The van der Waals surface area contributed by atoms with Crippen molar-refractivity contribution in [1.29, 1.82) is 0 Å². The monoisotopic (exact) mass is 273 g/mol. The smallest absolute Gasteiger partial charge is 0.146 e. The molecule has 20 heavy (non-hydrogen) atoms. The van der Waals surface area contributed by atoms with Gasteiger partial charge in [0.25, 0.3) is 0 Å². The molecule has 1 aromatic heterocycles. The molecule has 1 aromatic carbocycles. The third kappa shape index (κ3) is 2.79. The predicted molar refractivity (Wildman–Crippen MR) is 73.5 cm³/mol. The third-order valence-electron chi connectivity index (χ3n) is 3.27. The molecule has 3 rings (SSSR count). The van der Waals surface area contributed by atoms with Crippen LogP contribution in [-0.2, 0) is 0 Å². The van der Waals surface area contributed by atoms with Crippen LogP contribution in [0.25, 0.3) is 0 Å². The molecule has 1 unspecified atom stereocenters. The molecular weight excluding hydrogens is 257 g/mol. The van der Waals surface area contributed by atoms with Crippen LogP contribution in [0.4, 0.5) is 4.39 Å². The van der Waals surface area contributed by atoms with E-state index in [2.05, 4.69) is 10.4 Å². The number of ether oxygens (including phenoxy) is 1. The number of nitrogens with one attached hydrogen (secondary N) is 1. The van der Waals surface area contributed by atoms with Crippen molar-refractivity contribution in [2.75, 3.05) is 0 Å². The minimum atomic E-state index is -0.480. The fourth-order valence-electron chi connectivity index (χ4n) is 2.06. The van der Waals surface area contributed by atoms with Crippen molar-refractivity contribution in [3.63, 3.8) is 0 Å². The summed E-state index contributed by atoms with van der Waals surface area (Å²) >= 11 is 0. The lowest BCUT2D eigenvalue weighted by Gasteiger charge is -2.16. The molecule has 1 heterocycles. The number of rotatable bonds is 5. The normalized spacial score (nSPS) is 15.9. The number of pyridine rings is 1. The summed E-state index contributed by atoms with van der Waals surface area (Å²) in [6.07, 6.45) is 4.15. The van der Waals surface area contributed by atoms with Gasteiger partial charge in [-0.2, -0.15) is 0 Å². The van der Waals surface area contributed by atoms with Gasteiger partial charge in [0.05, 0.1) is 17.8 Å². The highest BCUT2D eigenvalue weighted by atomic mass is 19.1. The zero-order valence-electron chi connectivity index (χ0n) is 10.9. The first-order chi connectivity index (χ1) is 9.78. The van der Waals surface area contributed by atoms with Crippen LogP contribution in [0.5, 0.6) is 5.75 Å². The van der Waals surface area contributed by atoms with E-state index < -0.39 is 6.04 Å². The Morgan fingerprint density at radius 3 is 2.60 bits per heavy atom. The summed E-state index contributed by atoms with van der Waals surface area (Å²) in [5.41, 5.74) is 3.73. The van der Waals surface area contributed by atoms with Crippen molar-refractivity contribution in [3.05, 3.63) is 59.7 Å². The lowest BCUT2D eigenvalue weighted by Crippen LogP contribution is -2.30. The van der Waals surface area contributed by atoms with E-state index in [1.165, 1.54) is 6.07 Å². The molecule has 104 valence electrons. The molecule has 0 aliphatic heterocycles. The molecule has 1 aliphatic carbocycles. The SMILES string of the molecule is NNC(c1ccc(OC2CC2)cc1)c1ncccc1F. The van der Waals surface area contributed by atoms with E-state index in [0.29, 0.717) is 6.10 Å². The van der Waals surface area contributed by atoms with Crippen LogP contribution in [0.1, 0.15) is 30.1 Å². The lowest BCUT2D eigenvalue weighted by molar-refractivity contribution is 0.303. The van der Waals surface area contributed by atoms with Gasteiger partial charge in [-0.25, -0.2) is 9.82 Å². The molecule has 1 atom stereocenters. The van der Waals surface area contributed by atoms with Gasteiger partial charge in [0, 0.05) is 6.20 Å². The first kappa shape index (κ1) is 13.0. The van der Waals surface area contributed by atoms with Gasteiger partial charge in [-0.15, -0.1) is 0 Å². The molecule has 1 fully saturated rings. The molecule has 4 nitrogen and oxygen atoms in total. The minimum Gasteiger partial charge on any atom is -0.490 e. The number of nitrogens with zero attached hydrogens (tertiary/aromatic N) is 1. The first-order valence-corrected chi connectivity index (χ1v) is 6.61. The number of hydrazine groups is 1. The largest absolute Gasteiger partial charge is 0.490 e. The minimum absolute atomic E-state index is 0.283. The maximum atomic E-state index is 13.8. The van der Waals surface area contributed by atoms with Crippen molar-refractivity contribution in [3.8, 4) is 5.75 Å². The average Bonchev–Trinajstić information content (AvgIpc) is 3.27. The average molecular weight is 273 g/mol. The third-order valence-corrected chi connectivity index (χ3v) is 3.27. The Balaban J connectivity index is 1.83. The predicted octanol–water partition coefficient (Wildman–Crippen LogP) is 2.31. The first-order valence-electron chi connectivity index (χ1n) is 6.61. The van der Waals surface area contributed by atoms with Crippen molar-refractivity contribution >= 4 is 0 Å². The van der Waals surface area contributed by atoms with Crippen LogP contribution in [0.2, 0.25) is 0 Å². The Morgan fingerprint density at radius 2 is 2.00 bits per heavy atom. The van der Waals surface area contributed by atoms with Crippen molar-refractivity contribution < 1.29 is 9.13 Å². The molecule has 0 amide bonds. The zero-order valence-corrected chi connectivity index (χ0v) is 10.9. The van der Waals surface area contributed by atoms with Crippen LogP contribution in [-0.4, -0.2) is 11.1 Å². The quantitative estimate of drug-likeness (QED) is 0.648. The summed E-state index contributed by atoms with van der Waals surface area (Å²) < 4.78 is 19.5. The molecule has 0 saturated heterocycles. The van der Waals surface area contributed by atoms with Crippen LogP contribution >= 0.6 is 0 Å². The lowest BCUT2D eigenvalue weighted by atomic mass is 10.0. The number of hydrogen-bond acceptors (Lipinski definition) is 4. The van der Waals surface area contributed by atoms with E-state index >= 15 is 0 Å². The standard InChI is InChI=1S/C15H16FN3O/c16-13-2-1-9-18-15(13)14(19-17)10-3-5-11(6-4-10)20-12-7-8-12/h1-6,9,12,14,19H,7-8,17H2. The second kappa shape index (κ2) is 5.56.